The monoisotopic (exact) mass is 623 g/mol. The molecule has 0 radical (unpaired) electrons. The number of amides is 1. The lowest BCUT2D eigenvalue weighted by Gasteiger charge is -2.34. The summed E-state index contributed by atoms with van der Waals surface area (Å²) in [6, 6.07) is 0. The Hall–Kier alpha value is -1.88. The average Bonchev–Trinajstić information content (AvgIpc) is 2.90. The lowest BCUT2D eigenvalue weighted by atomic mass is 10.1. The van der Waals surface area contributed by atoms with Gasteiger partial charge in [0.25, 0.3) is 0 Å². The normalized spacial score (nSPS) is 17.0. The third-order valence-corrected chi connectivity index (χ3v) is 7.87. The standard InChI is InChI=1S/C34H65N5O5/c1-30(40)27-37-21-19-36(18-16-14-12-10-8-7-9-11-13-15-17-35-32(3)42)20-22-39(29-33(43)44-34(4,5)6)26-25-38(24-23-37)28-31(2)41/h7-29H2,1-6H3,(H,35,42). The van der Waals surface area contributed by atoms with Gasteiger partial charge >= 0.3 is 5.97 Å². The molecule has 1 aliphatic heterocycles. The van der Waals surface area contributed by atoms with Crippen LogP contribution in [0.15, 0.2) is 0 Å². The zero-order chi connectivity index (χ0) is 32.8. The number of hydrogen-bond donors (Lipinski definition) is 1. The third-order valence-electron chi connectivity index (χ3n) is 7.87. The van der Waals surface area contributed by atoms with Crippen LogP contribution in [0.3, 0.4) is 0 Å². The lowest BCUT2D eigenvalue weighted by Crippen LogP contribution is -2.48. The van der Waals surface area contributed by atoms with Gasteiger partial charge in [0.1, 0.15) is 17.2 Å². The Morgan fingerprint density at radius 2 is 0.909 bits per heavy atom. The minimum Gasteiger partial charge on any atom is -0.459 e. The van der Waals surface area contributed by atoms with Crippen molar-refractivity contribution >= 4 is 23.4 Å². The van der Waals surface area contributed by atoms with Gasteiger partial charge in [0, 0.05) is 65.8 Å². The van der Waals surface area contributed by atoms with Crippen LogP contribution in [0.2, 0.25) is 0 Å². The summed E-state index contributed by atoms with van der Waals surface area (Å²) in [5.74, 6) is 0.124. The summed E-state index contributed by atoms with van der Waals surface area (Å²) in [5, 5.41) is 2.86. The highest BCUT2D eigenvalue weighted by atomic mass is 16.6. The van der Waals surface area contributed by atoms with E-state index in [9.17, 15) is 19.2 Å². The molecule has 0 spiro atoms. The number of carbonyl (C=O) groups is 4. The molecule has 10 nitrogen and oxygen atoms in total. The first-order valence-electron chi connectivity index (χ1n) is 17.2. The quantitative estimate of drug-likeness (QED) is 0.170. The number of nitrogens with zero attached hydrogens (tertiary/aromatic N) is 4. The molecule has 0 aliphatic carbocycles. The van der Waals surface area contributed by atoms with Crippen LogP contribution in [0.5, 0.6) is 0 Å². The molecule has 1 saturated heterocycles. The van der Waals surface area contributed by atoms with Gasteiger partial charge in [-0.05, 0) is 54.0 Å². The van der Waals surface area contributed by atoms with Crippen molar-refractivity contribution in [2.24, 2.45) is 0 Å². The number of hydrogen-bond acceptors (Lipinski definition) is 9. The van der Waals surface area contributed by atoms with Gasteiger partial charge in [-0.3, -0.25) is 33.9 Å². The first-order valence-corrected chi connectivity index (χ1v) is 17.2. The molecule has 1 rings (SSSR count). The number of Topliss-reactive ketones (excluding diaryl/α,β-unsaturated/α-hetero) is 2. The van der Waals surface area contributed by atoms with Gasteiger partial charge < -0.3 is 15.0 Å². The molecule has 0 aromatic rings. The zero-order valence-corrected chi connectivity index (χ0v) is 29.1. The highest BCUT2D eigenvalue weighted by Gasteiger charge is 2.22. The molecule has 0 unspecified atom stereocenters. The summed E-state index contributed by atoms with van der Waals surface area (Å²) in [6.07, 6.45) is 12.2. The van der Waals surface area contributed by atoms with E-state index >= 15 is 0 Å². The van der Waals surface area contributed by atoms with E-state index in [2.05, 4.69) is 24.9 Å². The van der Waals surface area contributed by atoms with Crippen molar-refractivity contribution in [3.63, 3.8) is 0 Å². The summed E-state index contributed by atoms with van der Waals surface area (Å²) in [6.45, 7) is 19.5. The van der Waals surface area contributed by atoms with E-state index in [1.54, 1.807) is 20.8 Å². The fourth-order valence-corrected chi connectivity index (χ4v) is 5.60. The van der Waals surface area contributed by atoms with E-state index in [1.807, 2.05) is 20.8 Å². The minimum atomic E-state index is -0.523. The smallest absolute Gasteiger partial charge is 0.320 e. The highest BCUT2D eigenvalue weighted by molar-refractivity contribution is 5.78. The summed E-state index contributed by atoms with van der Waals surface area (Å²) in [5.41, 5.74) is -0.523. The lowest BCUT2D eigenvalue weighted by molar-refractivity contribution is -0.156. The molecular weight excluding hydrogens is 558 g/mol. The highest BCUT2D eigenvalue weighted by Crippen LogP contribution is 2.12. The molecule has 0 bridgehead atoms. The van der Waals surface area contributed by atoms with Gasteiger partial charge in [-0.2, -0.15) is 0 Å². The van der Waals surface area contributed by atoms with E-state index in [1.165, 1.54) is 51.4 Å². The molecule has 0 atom stereocenters. The Labute approximate surface area is 268 Å². The molecule has 0 aromatic carbocycles. The molecular formula is C34H65N5O5. The van der Waals surface area contributed by atoms with Crippen molar-refractivity contribution in [1.29, 1.82) is 0 Å². The Balaban J connectivity index is 2.60. The van der Waals surface area contributed by atoms with Crippen LogP contribution in [0.4, 0.5) is 0 Å². The Morgan fingerprint density at radius 1 is 0.545 bits per heavy atom. The Bertz CT molecular complexity index is 831. The van der Waals surface area contributed by atoms with Crippen LogP contribution in [0.25, 0.3) is 0 Å². The van der Waals surface area contributed by atoms with E-state index in [0.29, 0.717) is 32.7 Å². The third kappa shape index (κ3) is 23.5. The van der Waals surface area contributed by atoms with Crippen LogP contribution < -0.4 is 5.32 Å². The number of ketones is 2. The second kappa shape index (κ2) is 23.5. The predicted molar refractivity (Wildman–Crippen MR) is 178 cm³/mol. The van der Waals surface area contributed by atoms with Gasteiger partial charge in [0.2, 0.25) is 5.91 Å². The van der Waals surface area contributed by atoms with Gasteiger partial charge in [0.05, 0.1) is 19.6 Å². The second-order valence-electron chi connectivity index (χ2n) is 13.7. The molecule has 10 heteroatoms. The molecule has 1 heterocycles. The fourth-order valence-electron chi connectivity index (χ4n) is 5.60. The molecule has 1 amide bonds. The van der Waals surface area contributed by atoms with Crippen LogP contribution in [-0.2, 0) is 23.9 Å². The number of nitrogens with one attached hydrogen (secondary N) is 1. The van der Waals surface area contributed by atoms with E-state index in [0.717, 1.165) is 58.7 Å². The van der Waals surface area contributed by atoms with Crippen molar-refractivity contribution in [3.8, 4) is 0 Å². The molecule has 1 fully saturated rings. The largest absolute Gasteiger partial charge is 0.459 e. The predicted octanol–water partition coefficient (Wildman–Crippen LogP) is 3.76. The van der Waals surface area contributed by atoms with Gasteiger partial charge in [-0.25, -0.2) is 0 Å². The van der Waals surface area contributed by atoms with Crippen molar-refractivity contribution < 1.29 is 23.9 Å². The molecule has 44 heavy (non-hydrogen) atoms. The van der Waals surface area contributed by atoms with Crippen LogP contribution in [0.1, 0.15) is 106 Å². The van der Waals surface area contributed by atoms with Crippen LogP contribution in [0, 0.1) is 0 Å². The topological polar surface area (TPSA) is 102 Å². The van der Waals surface area contributed by atoms with Gasteiger partial charge in [-0.1, -0.05) is 51.4 Å². The molecule has 0 aromatic heterocycles. The average molecular weight is 624 g/mol. The maximum absolute atomic E-state index is 12.7. The van der Waals surface area contributed by atoms with E-state index in [4.69, 9.17) is 4.74 Å². The van der Waals surface area contributed by atoms with E-state index < -0.39 is 5.60 Å². The first-order chi connectivity index (χ1) is 20.8. The second-order valence-corrected chi connectivity index (χ2v) is 13.7. The number of carbonyl (C=O) groups excluding carboxylic acids is 4. The maximum atomic E-state index is 12.7. The molecule has 1 aliphatic rings. The summed E-state index contributed by atoms with van der Waals surface area (Å²) in [7, 11) is 0. The maximum Gasteiger partial charge on any atom is 0.320 e. The Morgan fingerprint density at radius 3 is 1.30 bits per heavy atom. The zero-order valence-electron chi connectivity index (χ0n) is 29.1. The van der Waals surface area contributed by atoms with Gasteiger partial charge in [0.15, 0.2) is 0 Å². The number of ether oxygens (including phenoxy) is 1. The van der Waals surface area contributed by atoms with Crippen molar-refractivity contribution in [3.05, 3.63) is 0 Å². The fraction of sp³-hybridized carbons (Fsp3) is 0.882. The summed E-state index contributed by atoms with van der Waals surface area (Å²) in [4.78, 5) is 56.6. The number of esters is 1. The number of unbranched alkanes of at least 4 members (excludes halogenated alkanes) is 9. The van der Waals surface area contributed by atoms with Gasteiger partial charge in [-0.15, -0.1) is 0 Å². The van der Waals surface area contributed by atoms with E-state index in [-0.39, 0.29) is 30.0 Å². The summed E-state index contributed by atoms with van der Waals surface area (Å²) < 4.78 is 5.62. The molecule has 0 saturated carbocycles. The minimum absolute atomic E-state index is 0.0572. The Kier molecular flexibility index (Phi) is 21.4. The SMILES string of the molecule is CC(=O)CN1CCN(CCCCCCCCCCCCNC(C)=O)CCN(CC(=O)OC(C)(C)C)CCN(CC(C)=O)CC1. The molecule has 256 valence electrons. The van der Waals surface area contributed by atoms with Crippen molar-refractivity contribution in [2.45, 2.75) is 111 Å². The summed E-state index contributed by atoms with van der Waals surface area (Å²) >= 11 is 0. The first kappa shape index (κ1) is 40.1. The van der Waals surface area contributed by atoms with Crippen molar-refractivity contribution in [2.75, 3.05) is 85.1 Å². The van der Waals surface area contributed by atoms with Crippen LogP contribution in [-0.4, -0.2) is 134 Å². The van der Waals surface area contributed by atoms with Crippen molar-refractivity contribution in [1.82, 2.24) is 24.9 Å². The van der Waals surface area contributed by atoms with Crippen LogP contribution >= 0.6 is 0 Å². The number of rotatable bonds is 19. The molecule has 1 N–H and O–H groups in total.